The molecule has 2 rings (SSSR count). The van der Waals surface area contributed by atoms with Crippen molar-refractivity contribution < 1.29 is 4.39 Å². The number of hydrogen-bond acceptors (Lipinski definition) is 1. The van der Waals surface area contributed by atoms with E-state index in [1.54, 1.807) is 17.4 Å². The predicted octanol–water partition coefficient (Wildman–Crippen LogP) is 4.70. The summed E-state index contributed by atoms with van der Waals surface area (Å²) in [5.41, 5.74) is 1.14. The van der Waals surface area contributed by atoms with Gasteiger partial charge in [0.15, 0.2) is 0 Å². The van der Waals surface area contributed by atoms with Gasteiger partial charge in [0, 0.05) is 19.9 Å². The Balaban J connectivity index is 2.82. The minimum Gasteiger partial charge on any atom is -0.207 e. The third kappa shape index (κ3) is 1.67. The maximum Gasteiger partial charge on any atom is 0.125 e. The van der Waals surface area contributed by atoms with Crippen LogP contribution in [0.3, 0.4) is 0 Å². The van der Waals surface area contributed by atoms with Gasteiger partial charge in [0.05, 0.1) is 0 Å². The molecule has 13 heavy (non-hydrogen) atoms. The molecule has 0 atom stereocenters. The Morgan fingerprint density at radius 3 is 2.85 bits per heavy atom. The first kappa shape index (κ1) is 9.62. The summed E-state index contributed by atoms with van der Waals surface area (Å²) in [5, 5.41) is 3.81. The molecule has 2 aromatic rings. The largest absolute Gasteiger partial charge is 0.207 e. The van der Waals surface area contributed by atoms with Crippen LogP contribution in [0.2, 0.25) is 0 Å². The lowest BCUT2D eigenvalue weighted by molar-refractivity contribution is 0.629. The van der Waals surface area contributed by atoms with Crippen LogP contribution >= 0.6 is 43.2 Å². The number of alkyl halides is 1. The number of hydrogen-bond donors (Lipinski definition) is 0. The van der Waals surface area contributed by atoms with Crippen LogP contribution in [0.5, 0.6) is 0 Å². The molecular weight excluding hydrogens is 319 g/mol. The number of rotatable bonds is 1. The maximum atomic E-state index is 13.1. The van der Waals surface area contributed by atoms with Crippen LogP contribution in [0.1, 0.15) is 5.56 Å². The van der Waals surface area contributed by atoms with Gasteiger partial charge in [-0.3, -0.25) is 0 Å². The highest BCUT2D eigenvalue weighted by Crippen LogP contribution is 2.34. The smallest absolute Gasteiger partial charge is 0.125 e. The summed E-state index contributed by atoms with van der Waals surface area (Å²) in [7, 11) is 0. The van der Waals surface area contributed by atoms with Crippen molar-refractivity contribution in [2.75, 3.05) is 0 Å². The molecule has 68 valence electrons. The molecule has 1 aromatic carbocycles. The van der Waals surface area contributed by atoms with Gasteiger partial charge < -0.3 is 0 Å². The van der Waals surface area contributed by atoms with E-state index >= 15 is 0 Å². The molecular formula is C9H5Br2FS. The van der Waals surface area contributed by atoms with E-state index in [4.69, 9.17) is 0 Å². The van der Waals surface area contributed by atoms with E-state index in [0.29, 0.717) is 0 Å². The second kappa shape index (κ2) is 3.67. The van der Waals surface area contributed by atoms with E-state index in [2.05, 4.69) is 31.9 Å². The molecule has 0 bridgehead atoms. The van der Waals surface area contributed by atoms with Gasteiger partial charge in [-0.2, -0.15) is 0 Å². The van der Waals surface area contributed by atoms with E-state index in [1.807, 2.05) is 5.38 Å². The minimum absolute atomic E-state index is 0.194. The van der Waals surface area contributed by atoms with E-state index in [9.17, 15) is 4.39 Å². The van der Waals surface area contributed by atoms with Crippen molar-refractivity contribution in [3.63, 3.8) is 0 Å². The topological polar surface area (TPSA) is 0 Å². The lowest BCUT2D eigenvalue weighted by Gasteiger charge is -1.96. The maximum absolute atomic E-state index is 13.1. The molecule has 0 aliphatic rings. The Morgan fingerprint density at radius 2 is 2.15 bits per heavy atom. The van der Waals surface area contributed by atoms with Crippen LogP contribution in [0.25, 0.3) is 10.1 Å². The zero-order valence-corrected chi connectivity index (χ0v) is 10.5. The lowest BCUT2D eigenvalue weighted by atomic mass is 10.2. The molecule has 0 nitrogen and oxygen atoms in total. The molecule has 0 aliphatic heterocycles. The number of fused-ring (bicyclic) bond motifs is 1. The molecule has 1 aromatic heterocycles. The molecule has 1 heterocycles. The summed E-state index contributed by atoms with van der Waals surface area (Å²) >= 11 is 8.35. The summed E-state index contributed by atoms with van der Waals surface area (Å²) in [5.74, 6) is -0.194. The highest BCUT2D eigenvalue weighted by molar-refractivity contribution is 9.10. The average molecular weight is 324 g/mol. The van der Waals surface area contributed by atoms with Crippen molar-refractivity contribution in [2.24, 2.45) is 0 Å². The highest BCUT2D eigenvalue weighted by Gasteiger charge is 2.07. The standard InChI is InChI=1S/C9H5Br2FS/c10-3-5-4-13-9-7(5)1-6(12)2-8(9)11/h1-2,4H,3H2. The first-order valence-corrected chi connectivity index (χ1v) is 6.43. The Bertz CT molecular complexity index is 450. The fraction of sp³-hybridized carbons (Fsp3) is 0.111. The van der Waals surface area contributed by atoms with Gasteiger partial charge >= 0.3 is 0 Å². The molecule has 0 aliphatic carbocycles. The molecule has 0 saturated carbocycles. The van der Waals surface area contributed by atoms with Gasteiger partial charge in [0.2, 0.25) is 0 Å². The predicted molar refractivity (Wildman–Crippen MR) is 62.1 cm³/mol. The van der Waals surface area contributed by atoms with Crippen LogP contribution in [0.4, 0.5) is 4.39 Å². The molecule has 0 amide bonds. The zero-order valence-electron chi connectivity index (χ0n) is 6.48. The van der Waals surface area contributed by atoms with Crippen molar-refractivity contribution in [1.29, 1.82) is 0 Å². The molecule has 0 spiro atoms. The zero-order chi connectivity index (χ0) is 9.42. The summed E-state index contributed by atoms with van der Waals surface area (Å²) < 4.78 is 15.0. The Labute approximate surface area is 96.0 Å². The van der Waals surface area contributed by atoms with Crippen molar-refractivity contribution in [3.8, 4) is 0 Å². The Morgan fingerprint density at radius 1 is 1.38 bits per heavy atom. The quantitative estimate of drug-likeness (QED) is 0.667. The molecule has 0 radical (unpaired) electrons. The molecule has 0 N–H and O–H groups in total. The number of benzene rings is 1. The molecule has 4 heteroatoms. The van der Waals surface area contributed by atoms with Gasteiger partial charge in [-0.1, -0.05) is 15.9 Å². The van der Waals surface area contributed by atoms with Gasteiger partial charge in [0.1, 0.15) is 5.82 Å². The van der Waals surface area contributed by atoms with Crippen molar-refractivity contribution in [2.45, 2.75) is 5.33 Å². The lowest BCUT2D eigenvalue weighted by Crippen LogP contribution is -1.77. The first-order valence-electron chi connectivity index (χ1n) is 3.63. The second-order valence-corrected chi connectivity index (χ2v) is 4.95. The van der Waals surface area contributed by atoms with Crippen LogP contribution in [-0.2, 0) is 5.33 Å². The summed E-state index contributed by atoms with van der Waals surface area (Å²) in [6, 6.07) is 3.07. The highest BCUT2D eigenvalue weighted by atomic mass is 79.9. The number of halogens is 3. The molecule has 0 saturated heterocycles. The minimum atomic E-state index is -0.194. The van der Waals surface area contributed by atoms with Crippen molar-refractivity contribution >= 4 is 53.3 Å². The van der Waals surface area contributed by atoms with Gasteiger partial charge in [-0.25, -0.2) is 4.39 Å². The van der Waals surface area contributed by atoms with E-state index in [-0.39, 0.29) is 5.82 Å². The third-order valence-electron chi connectivity index (χ3n) is 1.82. The second-order valence-electron chi connectivity index (χ2n) is 2.66. The fourth-order valence-electron chi connectivity index (χ4n) is 1.22. The van der Waals surface area contributed by atoms with Crippen molar-refractivity contribution in [3.05, 3.63) is 33.4 Å². The van der Waals surface area contributed by atoms with Gasteiger partial charge in [0.25, 0.3) is 0 Å². The molecule has 0 fully saturated rings. The summed E-state index contributed by atoms with van der Waals surface area (Å²) in [4.78, 5) is 0. The van der Waals surface area contributed by atoms with Crippen LogP contribution < -0.4 is 0 Å². The monoisotopic (exact) mass is 322 g/mol. The van der Waals surface area contributed by atoms with E-state index in [1.165, 1.54) is 6.07 Å². The number of thiophene rings is 1. The SMILES string of the molecule is Fc1cc(Br)c2scc(CBr)c2c1. The molecule has 0 unspecified atom stereocenters. The summed E-state index contributed by atoms with van der Waals surface area (Å²) in [6.07, 6.45) is 0. The van der Waals surface area contributed by atoms with Crippen LogP contribution in [0, 0.1) is 5.82 Å². The van der Waals surface area contributed by atoms with E-state index < -0.39 is 0 Å². The average Bonchev–Trinajstić information content (AvgIpc) is 2.47. The Kier molecular flexibility index (Phi) is 2.72. The van der Waals surface area contributed by atoms with Gasteiger partial charge in [-0.05, 0) is 39.0 Å². The van der Waals surface area contributed by atoms with E-state index in [0.717, 1.165) is 25.5 Å². The Hall–Kier alpha value is 0.0700. The first-order chi connectivity index (χ1) is 6.22. The van der Waals surface area contributed by atoms with Crippen LogP contribution in [-0.4, -0.2) is 0 Å². The summed E-state index contributed by atoms with van der Waals surface area (Å²) in [6.45, 7) is 0. The van der Waals surface area contributed by atoms with Gasteiger partial charge in [-0.15, -0.1) is 11.3 Å². The van der Waals surface area contributed by atoms with Crippen molar-refractivity contribution in [1.82, 2.24) is 0 Å². The van der Waals surface area contributed by atoms with Crippen LogP contribution in [0.15, 0.2) is 22.0 Å². The normalized spacial score (nSPS) is 11.0. The third-order valence-corrected chi connectivity index (χ3v) is 4.39. The fourth-order valence-corrected chi connectivity index (χ4v) is 3.57.